The van der Waals surface area contributed by atoms with Gasteiger partial charge in [0.1, 0.15) is 0 Å². The molecule has 1 aliphatic rings. The van der Waals surface area contributed by atoms with Gasteiger partial charge in [-0.25, -0.2) is 0 Å². The normalized spacial score (nSPS) is 25.9. The van der Waals surface area contributed by atoms with E-state index >= 15 is 0 Å². The molecule has 1 aliphatic heterocycles. The molecule has 0 aromatic carbocycles. The summed E-state index contributed by atoms with van der Waals surface area (Å²) in [5.74, 6) is 0.682. The maximum Gasteiger partial charge on any atom is 0.0947 e. The molecule has 2 atom stereocenters. The summed E-state index contributed by atoms with van der Waals surface area (Å²) in [7, 11) is 0. The Labute approximate surface area is 90.8 Å². The molecule has 0 bridgehead atoms. The van der Waals surface area contributed by atoms with Crippen molar-refractivity contribution in [2.75, 3.05) is 13.2 Å². The highest BCUT2D eigenvalue weighted by Gasteiger charge is 2.25. The van der Waals surface area contributed by atoms with E-state index in [1.54, 1.807) is 12.5 Å². The van der Waals surface area contributed by atoms with Crippen LogP contribution in [-0.2, 0) is 11.3 Å². The van der Waals surface area contributed by atoms with Crippen LogP contribution in [0.1, 0.15) is 25.3 Å². The number of ether oxygens (including phenoxy) is 1. The first-order chi connectivity index (χ1) is 7.40. The zero-order valence-corrected chi connectivity index (χ0v) is 9.24. The minimum atomic E-state index is 0.460. The molecular weight excluding hydrogens is 190 g/mol. The van der Waals surface area contributed by atoms with Gasteiger partial charge in [0, 0.05) is 25.3 Å². The van der Waals surface area contributed by atoms with Crippen molar-refractivity contribution in [1.82, 2.24) is 5.32 Å². The van der Waals surface area contributed by atoms with Gasteiger partial charge >= 0.3 is 0 Å². The molecule has 1 saturated heterocycles. The van der Waals surface area contributed by atoms with E-state index in [0.29, 0.717) is 12.0 Å². The molecule has 1 aromatic rings. The van der Waals surface area contributed by atoms with Gasteiger partial charge in [-0.2, -0.15) is 0 Å². The maximum atomic E-state index is 5.64. The minimum absolute atomic E-state index is 0.460. The Hall–Kier alpha value is -0.800. The molecule has 0 aliphatic carbocycles. The Morgan fingerprint density at radius 1 is 1.53 bits per heavy atom. The van der Waals surface area contributed by atoms with Crippen LogP contribution in [0.5, 0.6) is 0 Å². The fourth-order valence-corrected chi connectivity index (χ4v) is 2.17. The van der Waals surface area contributed by atoms with Crippen molar-refractivity contribution in [3.05, 3.63) is 24.2 Å². The lowest BCUT2D eigenvalue weighted by molar-refractivity contribution is 0.0872. The fourth-order valence-electron chi connectivity index (χ4n) is 2.17. The van der Waals surface area contributed by atoms with Crippen molar-refractivity contribution in [3.63, 3.8) is 0 Å². The molecule has 3 heteroatoms. The fraction of sp³-hybridized carbons (Fsp3) is 0.667. The molecule has 2 rings (SSSR count). The number of nitrogens with one attached hydrogen (secondary N) is 1. The zero-order valence-electron chi connectivity index (χ0n) is 9.24. The van der Waals surface area contributed by atoms with Crippen LogP contribution in [0.2, 0.25) is 0 Å². The van der Waals surface area contributed by atoms with E-state index in [4.69, 9.17) is 9.15 Å². The quantitative estimate of drug-likeness (QED) is 0.807. The maximum absolute atomic E-state index is 5.64. The first-order valence-corrected chi connectivity index (χ1v) is 5.73. The van der Waals surface area contributed by atoms with Gasteiger partial charge in [0.25, 0.3) is 0 Å². The van der Waals surface area contributed by atoms with Crippen molar-refractivity contribution in [1.29, 1.82) is 0 Å². The predicted octanol–water partition coefficient (Wildman–Crippen LogP) is 2.18. The summed E-state index contributed by atoms with van der Waals surface area (Å²) in [6.45, 7) is 5.06. The van der Waals surface area contributed by atoms with Crippen molar-refractivity contribution in [2.24, 2.45) is 5.92 Å². The molecule has 0 saturated carbocycles. The van der Waals surface area contributed by atoms with E-state index in [9.17, 15) is 0 Å². The number of furan rings is 1. The molecule has 1 N–H and O–H groups in total. The lowest BCUT2D eigenvalue weighted by atomic mass is 10.00. The highest BCUT2D eigenvalue weighted by atomic mass is 16.5. The van der Waals surface area contributed by atoms with E-state index in [-0.39, 0.29) is 0 Å². The molecule has 84 valence electrons. The summed E-state index contributed by atoms with van der Waals surface area (Å²) in [6, 6.07) is 2.00. The Morgan fingerprint density at radius 2 is 2.47 bits per heavy atom. The van der Waals surface area contributed by atoms with Gasteiger partial charge in [-0.1, -0.05) is 6.92 Å². The van der Waals surface area contributed by atoms with Crippen LogP contribution in [0.15, 0.2) is 23.0 Å². The summed E-state index contributed by atoms with van der Waals surface area (Å²) in [4.78, 5) is 0. The summed E-state index contributed by atoms with van der Waals surface area (Å²) in [6.07, 6.45) is 6.27. The smallest absolute Gasteiger partial charge is 0.0947 e. The summed E-state index contributed by atoms with van der Waals surface area (Å²) >= 11 is 0. The largest absolute Gasteiger partial charge is 0.472 e. The SMILES string of the molecule is CCC1OCCC1CNCc1ccoc1. The zero-order chi connectivity index (χ0) is 10.5. The lowest BCUT2D eigenvalue weighted by Crippen LogP contribution is -2.27. The van der Waals surface area contributed by atoms with Gasteiger partial charge in [-0.3, -0.25) is 0 Å². The standard InChI is InChI=1S/C12H19NO2/c1-2-12-11(4-6-15-12)8-13-7-10-3-5-14-9-10/h3,5,9,11-13H,2,4,6-8H2,1H3. The second-order valence-electron chi connectivity index (χ2n) is 4.13. The van der Waals surface area contributed by atoms with Gasteiger partial charge in [0.15, 0.2) is 0 Å². The monoisotopic (exact) mass is 209 g/mol. The average molecular weight is 209 g/mol. The van der Waals surface area contributed by atoms with Crippen molar-refractivity contribution >= 4 is 0 Å². The third-order valence-corrected chi connectivity index (χ3v) is 3.06. The van der Waals surface area contributed by atoms with Crippen LogP contribution >= 0.6 is 0 Å². The van der Waals surface area contributed by atoms with E-state index in [1.165, 1.54) is 12.0 Å². The lowest BCUT2D eigenvalue weighted by Gasteiger charge is -2.16. The molecule has 1 aromatic heterocycles. The van der Waals surface area contributed by atoms with Crippen molar-refractivity contribution in [2.45, 2.75) is 32.4 Å². The Balaban J connectivity index is 1.69. The van der Waals surface area contributed by atoms with E-state index in [2.05, 4.69) is 12.2 Å². The molecule has 15 heavy (non-hydrogen) atoms. The molecule has 2 heterocycles. The molecule has 3 nitrogen and oxygen atoms in total. The minimum Gasteiger partial charge on any atom is -0.472 e. The summed E-state index contributed by atoms with van der Waals surface area (Å²) in [5, 5.41) is 3.45. The summed E-state index contributed by atoms with van der Waals surface area (Å²) in [5.41, 5.74) is 1.21. The van der Waals surface area contributed by atoms with Crippen LogP contribution in [0.25, 0.3) is 0 Å². The molecule has 0 radical (unpaired) electrons. The molecular formula is C12H19NO2. The highest BCUT2D eigenvalue weighted by Crippen LogP contribution is 2.22. The number of hydrogen-bond donors (Lipinski definition) is 1. The third kappa shape index (κ3) is 2.83. The first kappa shape index (κ1) is 10.7. The Bertz CT molecular complexity index is 271. The van der Waals surface area contributed by atoms with Crippen LogP contribution < -0.4 is 5.32 Å². The van der Waals surface area contributed by atoms with E-state index in [0.717, 1.165) is 26.1 Å². The van der Waals surface area contributed by atoms with E-state index < -0.39 is 0 Å². The van der Waals surface area contributed by atoms with Crippen LogP contribution in [-0.4, -0.2) is 19.3 Å². The highest BCUT2D eigenvalue weighted by molar-refractivity contribution is 5.04. The predicted molar refractivity (Wildman–Crippen MR) is 58.6 cm³/mol. The molecule has 0 spiro atoms. The Morgan fingerprint density at radius 3 is 3.20 bits per heavy atom. The van der Waals surface area contributed by atoms with Gasteiger partial charge in [0.2, 0.25) is 0 Å². The van der Waals surface area contributed by atoms with Crippen molar-refractivity contribution < 1.29 is 9.15 Å². The molecule has 0 amide bonds. The molecule has 1 fully saturated rings. The van der Waals surface area contributed by atoms with E-state index in [1.807, 2.05) is 6.07 Å². The number of rotatable bonds is 5. The topological polar surface area (TPSA) is 34.4 Å². The van der Waals surface area contributed by atoms with Gasteiger partial charge in [-0.15, -0.1) is 0 Å². The average Bonchev–Trinajstić information content (AvgIpc) is 2.88. The first-order valence-electron chi connectivity index (χ1n) is 5.73. The molecule has 2 unspecified atom stereocenters. The van der Waals surface area contributed by atoms with Crippen molar-refractivity contribution in [3.8, 4) is 0 Å². The third-order valence-electron chi connectivity index (χ3n) is 3.06. The number of hydrogen-bond acceptors (Lipinski definition) is 3. The second-order valence-corrected chi connectivity index (χ2v) is 4.13. The van der Waals surface area contributed by atoms with Crippen LogP contribution in [0.4, 0.5) is 0 Å². The van der Waals surface area contributed by atoms with Gasteiger partial charge in [0.05, 0.1) is 18.6 Å². The van der Waals surface area contributed by atoms with Crippen LogP contribution in [0.3, 0.4) is 0 Å². The second kappa shape index (κ2) is 5.33. The Kier molecular flexibility index (Phi) is 3.80. The van der Waals surface area contributed by atoms with Gasteiger partial charge in [-0.05, 0) is 24.8 Å². The van der Waals surface area contributed by atoms with Crippen LogP contribution in [0, 0.1) is 5.92 Å². The summed E-state index contributed by atoms with van der Waals surface area (Å²) < 4.78 is 10.7. The van der Waals surface area contributed by atoms with Gasteiger partial charge < -0.3 is 14.5 Å².